The molecule has 0 bridgehead atoms. The molecule has 6 nitrogen and oxygen atoms in total. The molecule has 4 N–H and O–H groups in total. The number of amides is 2. The van der Waals surface area contributed by atoms with Crippen LogP contribution in [0.4, 0.5) is 17.1 Å². The summed E-state index contributed by atoms with van der Waals surface area (Å²) in [5.41, 5.74) is 12.0. The Morgan fingerprint density at radius 2 is 1.60 bits per heavy atom. The Bertz CT molecular complexity index is 1310. The maximum atomic E-state index is 11.9. The van der Waals surface area contributed by atoms with E-state index in [-0.39, 0.29) is 11.8 Å². The predicted molar refractivity (Wildman–Crippen MR) is 122 cm³/mol. The third-order valence-corrected chi connectivity index (χ3v) is 5.08. The number of benzene rings is 3. The van der Waals surface area contributed by atoms with Gasteiger partial charge in [-0.05, 0) is 65.4 Å². The number of hydrogen-bond donors (Lipinski definition) is 3. The molecule has 0 atom stereocenters. The van der Waals surface area contributed by atoms with E-state index in [0.29, 0.717) is 11.4 Å². The molecule has 0 saturated heterocycles. The summed E-state index contributed by atoms with van der Waals surface area (Å²) in [5.74, 6) is -0.270. The minimum atomic E-state index is -0.153. The number of anilines is 3. The molecule has 0 radical (unpaired) electrons. The smallest absolute Gasteiger partial charge is 0.221 e. The van der Waals surface area contributed by atoms with Gasteiger partial charge in [-0.15, -0.1) is 0 Å². The molecule has 2 amide bonds. The van der Waals surface area contributed by atoms with Crippen LogP contribution in [-0.2, 0) is 9.59 Å². The molecule has 150 valence electrons. The number of aryl methyl sites for hydroxylation is 1. The van der Waals surface area contributed by atoms with Gasteiger partial charge in [-0.2, -0.15) is 0 Å². The number of nitrogens with zero attached hydrogens (tertiary/aromatic N) is 1. The van der Waals surface area contributed by atoms with Crippen molar-refractivity contribution in [2.24, 2.45) is 0 Å². The number of carbonyl (C=O) groups is 2. The highest BCUT2D eigenvalue weighted by molar-refractivity contribution is 6.15. The molecule has 0 unspecified atom stereocenters. The van der Waals surface area contributed by atoms with E-state index in [1.54, 1.807) is 6.20 Å². The molecule has 4 rings (SSSR count). The van der Waals surface area contributed by atoms with Gasteiger partial charge >= 0.3 is 0 Å². The molecule has 30 heavy (non-hydrogen) atoms. The zero-order valence-corrected chi connectivity index (χ0v) is 17.0. The molecular formula is C24H22N4O2. The average molecular weight is 398 g/mol. The Kier molecular flexibility index (Phi) is 4.83. The van der Waals surface area contributed by atoms with Crippen molar-refractivity contribution in [2.75, 3.05) is 16.4 Å². The number of hydrogen-bond acceptors (Lipinski definition) is 4. The fraction of sp³-hybridized carbons (Fsp3) is 0.125. The summed E-state index contributed by atoms with van der Waals surface area (Å²) in [6.45, 7) is 5.02. The van der Waals surface area contributed by atoms with Crippen LogP contribution in [0.5, 0.6) is 0 Å². The standard InChI is InChI=1S/C24H22N4O2/c1-13-19(16-4-7-18(8-5-16)27-14(2)29)11-23(28-15(3)30)21-12-26-22-9-6-17(25)10-20(22)24(13)21/h4-12H,25H2,1-3H3,(H,27,29)(H,28,30). The third-order valence-electron chi connectivity index (χ3n) is 5.08. The monoisotopic (exact) mass is 398 g/mol. The van der Waals surface area contributed by atoms with E-state index >= 15 is 0 Å². The summed E-state index contributed by atoms with van der Waals surface area (Å²) in [4.78, 5) is 27.7. The summed E-state index contributed by atoms with van der Waals surface area (Å²) in [5, 5.41) is 8.51. The zero-order chi connectivity index (χ0) is 21.4. The maximum Gasteiger partial charge on any atom is 0.221 e. The highest BCUT2D eigenvalue weighted by Gasteiger charge is 2.15. The van der Waals surface area contributed by atoms with Crippen LogP contribution in [0.2, 0.25) is 0 Å². The molecule has 3 aromatic carbocycles. The Morgan fingerprint density at radius 3 is 2.27 bits per heavy atom. The van der Waals surface area contributed by atoms with E-state index in [2.05, 4.69) is 22.5 Å². The predicted octanol–water partition coefficient (Wildman–Crippen LogP) is 4.86. The van der Waals surface area contributed by atoms with Crippen molar-refractivity contribution in [1.29, 1.82) is 0 Å². The van der Waals surface area contributed by atoms with Crippen LogP contribution in [0.3, 0.4) is 0 Å². The van der Waals surface area contributed by atoms with E-state index in [1.807, 2.05) is 48.5 Å². The van der Waals surface area contributed by atoms with Crippen molar-refractivity contribution in [3.8, 4) is 11.1 Å². The van der Waals surface area contributed by atoms with Crippen LogP contribution in [0.15, 0.2) is 54.7 Å². The number of rotatable bonds is 3. The Hall–Kier alpha value is -3.93. The second kappa shape index (κ2) is 7.48. The molecule has 0 aliphatic carbocycles. The van der Waals surface area contributed by atoms with Gasteiger partial charge in [0.25, 0.3) is 0 Å². The van der Waals surface area contributed by atoms with Crippen LogP contribution in [0, 0.1) is 6.92 Å². The van der Waals surface area contributed by atoms with Gasteiger partial charge in [0.2, 0.25) is 11.8 Å². The minimum Gasteiger partial charge on any atom is -0.399 e. The van der Waals surface area contributed by atoms with Crippen molar-refractivity contribution in [3.63, 3.8) is 0 Å². The van der Waals surface area contributed by atoms with Crippen molar-refractivity contribution in [2.45, 2.75) is 20.8 Å². The van der Waals surface area contributed by atoms with Crippen molar-refractivity contribution < 1.29 is 9.59 Å². The van der Waals surface area contributed by atoms with Crippen LogP contribution >= 0.6 is 0 Å². The largest absolute Gasteiger partial charge is 0.399 e. The van der Waals surface area contributed by atoms with E-state index in [1.165, 1.54) is 13.8 Å². The first-order valence-electron chi connectivity index (χ1n) is 9.60. The fourth-order valence-corrected chi connectivity index (χ4v) is 3.81. The normalized spacial score (nSPS) is 10.9. The SMILES string of the molecule is CC(=O)Nc1ccc(-c2cc(NC(C)=O)c3cnc4ccc(N)cc4c3c2C)cc1. The summed E-state index contributed by atoms with van der Waals surface area (Å²) in [6.07, 6.45) is 1.79. The molecule has 0 saturated carbocycles. The molecule has 1 aromatic heterocycles. The number of carbonyl (C=O) groups excluding carboxylic acids is 2. The van der Waals surface area contributed by atoms with Gasteiger partial charge < -0.3 is 16.4 Å². The summed E-state index contributed by atoms with van der Waals surface area (Å²) >= 11 is 0. The molecule has 0 aliphatic heterocycles. The lowest BCUT2D eigenvalue weighted by atomic mass is 9.92. The van der Waals surface area contributed by atoms with E-state index in [0.717, 1.165) is 44.1 Å². The second-order valence-electron chi connectivity index (χ2n) is 7.36. The molecule has 6 heteroatoms. The van der Waals surface area contributed by atoms with E-state index in [9.17, 15) is 9.59 Å². The number of nitrogens with two attached hydrogens (primary N) is 1. The summed E-state index contributed by atoms with van der Waals surface area (Å²) in [6, 6.07) is 15.2. The van der Waals surface area contributed by atoms with Gasteiger partial charge in [0.05, 0.1) is 11.2 Å². The van der Waals surface area contributed by atoms with Gasteiger partial charge in [0, 0.05) is 42.2 Å². The molecular weight excluding hydrogens is 376 g/mol. The average Bonchev–Trinajstić information content (AvgIpc) is 2.69. The Labute approximate surface area is 174 Å². The quantitative estimate of drug-likeness (QED) is 0.339. The van der Waals surface area contributed by atoms with Crippen LogP contribution < -0.4 is 16.4 Å². The third kappa shape index (κ3) is 3.55. The lowest BCUT2D eigenvalue weighted by molar-refractivity contribution is -0.115. The van der Waals surface area contributed by atoms with Crippen molar-refractivity contribution in [1.82, 2.24) is 4.98 Å². The minimum absolute atomic E-state index is 0.117. The van der Waals surface area contributed by atoms with Crippen LogP contribution in [0.1, 0.15) is 19.4 Å². The highest BCUT2D eigenvalue weighted by Crippen LogP contribution is 2.39. The Morgan fingerprint density at radius 1 is 0.900 bits per heavy atom. The molecule has 0 fully saturated rings. The summed E-state index contributed by atoms with van der Waals surface area (Å²) < 4.78 is 0. The number of nitrogens with one attached hydrogen (secondary N) is 2. The highest BCUT2D eigenvalue weighted by atomic mass is 16.2. The first-order valence-corrected chi connectivity index (χ1v) is 9.60. The second-order valence-corrected chi connectivity index (χ2v) is 7.36. The fourth-order valence-electron chi connectivity index (χ4n) is 3.81. The topological polar surface area (TPSA) is 97.1 Å². The summed E-state index contributed by atoms with van der Waals surface area (Å²) in [7, 11) is 0. The molecule has 0 aliphatic rings. The van der Waals surface area contributed by atoms with Crippen molar-refractivity contribution >= 4 is 50.6 Å². The first-order chi connectivity index (χ1) is 14.3. The lowest BCUT2D eigenvalue weighted by Crippen LogP contribution is -2.07. The number of pyridine rings is 1. The number of nitrogen functional groups attached to an aromatic ring is 1. The molecule has 0 spiro atoms. The van der Waals surface area contributed by atoms with E-state index < -0.39 is 0 Å². The maximum absolute atomic E-state index is 11.9. The van der Waals surface area contributed by atoms with Gasteiger partial charge in [-0.3, -0.25) is 14.6 Å². The van der Waals surface area contributed by atoms with Crippen LogP contribution in [-0.4, -0.2) is 16.8 Å². The number of fused-ring (bicyclic) bond motifs is 3. The first kappa shape index (κ1) is 19.4. The molecule has 4 aromatic rings. The van der Waals surface area contributed by atoms with Gasteiger partial charge in [0.1, 0.15) is 0 Å². The lowest BCUT2D eigenvalue weighted by Gasteiger charge is -2.17. The van der Waals surface area contributed by atoms with Crippen molar-refractivity contribution in [3.05, 3.63) is 60.3 Å². The number of aromatic nitrogens is 1. The van der Waals surface area contributed by atoms with Gasteiger partial charge in [-0.1, -0.05) is 12.1 Å². The molecule has 1 heterocycles. The zero-order valence-electron chi connectivity index (χ0n) is 17.0. The Balaban J connectivity index is 2.00. The van der Waals surface area contributed by atoms with E-state index in [4.69, 9.17) is 5.73 Å². The van der Waals surface area contributed by atoms with Crippen LogP contribution in [0.25, 0.3) is 32.8 Å². The van der Waals surface area contributed by atoms with Gasteiger partial charge in [-0.25, -0.2) is 0 Å². The van der Waals surface area contributed by atoms with Gasteiger partial charge in [0.15, 0.2) is 0 Å².